The third-order valence-electron chi connectivity index (χ3n) is 11.0. The molecule has 3 aromatic heterocycles. The summed E-state index contributed by atoms with van der Waals surface area (Å²) in [6.07, 6.45) is 0. The van der Waals surface area contributed by atoms with Crippen LogP contribution in [0.25, 0.3) is 121 Å². The van der Waals surface area contributed by atoms with E-state index in [2.05, 4.69) is 140 Å². The van der Waals surface area contributed by atoms with Gasteiger partial charge in [0.1, 0.15) is 22.5 Å². The molecule has 53 heavy (non-hydrogen) atoms. The molecule has 3 nitrogen and oxygen atoms in total. The molecule has 3 heteroatoms. The second-order valence-corrected chi connectivity index (χ2v) is 13.9. The van der Waals surface area contributed by atoms with Crippen LogP contribution >= 0.6 is 0 Å². The largest absolute Gasteiger partial charge is 0.455 e. The lowest BCUT2D eigenvalue weighted by molar-refractivity contribution is 0.611. The maximum Gasteiger partial charge on any atom is 0.179 e. The number of rotatable bonds is 3. The summed E-state index contributed by atoms with van der Waals surface area (Å²) in [5, 5.41) is 12.5. The predicted octanol–water partition coefficient (Wildman–Crippen LogP) is 14.7. The molecule has 0 unspecified atom stereocenters. The molecule has 0 radical (unpaired) electrons. The van der Waals surface area contributed by atoms with E-state index in [-0.39, 0.29) is 0 Å². The minimum absolute atomic E-state index is 0.758. The van der Waals surface area contributed by atoms with E-state index >= 15 is 0 Å². The molecule has 0 aliphatic rings. The first-order valence-electron chi connectivity index (χ1n) is 18.0. The van der Waals surface area contributed by atoms with Crippen molar-refractivity contribution in [2.24, 2.45) is 0 Å². The van der Waals surface area contributed by atoms with Gasteiger partial charge in [-0.25, -0.2) is 0 Å². The minimum atomic E-state index is 0.758. The lowest BCUT2D eigenvalue weighted by Gasteiger charge is -2.18. The summed E-state index contributed by atoms with van der Waals surface area (Å²) in [5.41, 5.74) is 9.72. The highest BCUT2D eigenvalue weighted by Crippen LogP contribution is 2.50. The second-order valence-electron chi connectivity index (χ2n) is 13.9. The SMILES string of the molecule is c1ccc(-c2cc3cc(-c4c5ccccc5c(-c5cccc6c5oc5ccc7ccccc7c56)c5ccccc45)c4c5ccccc5oc4c3o2)cc1. The Morgan fingerprint density at radius 1 is 0.302 bits per heavy atom. The van der Waals surface area contributed by atoms with Crippen LogP contribution in [0.5, 0.6) is 0 Å². The van der Waals surface area contributed by atoms with Gasteiger partial charge < -0.3 is 13.3 Å². The normalized spacial score (nSPS) is 12.2. The summed E-state index contributed by atoms with van der Waals surface area (Å²) >= 11 is 0. The Hall–Kier alpha value is -7.10. The molecule has 0 aliphatic carbocycles. The van der Waals surface area contributed by atoms with E-state index in [1.807, 2.05) is 30.3 Å². The molecule has 12 aromatic rings. The Balaban J connectivity index is 1.22. The maximum absolute atomic E-state index is 6.82. The van der Waals surface area contributed by atoms with E-state index < -0.39 is 0 Å². The molecule has 0 spiro atoms. The summed E-state index contributed by atoms with van der Waals surface area (Å²) in [6.45, 7) is 0. The summed E-state index contributed by atoms with van der Waals surface area (Å²) in [6, 6.07) is 60.0. The predicted molar refractivity (Wildman–Crippen MR) is 220 cm³/mol. The van der Waals surface area contributed by atoms with Crippen LogP contribution in [0.4, 0.5) is 0 Å². The van der Waals surface area contributed by atoms with Gasteiger partial charge in [-0.15, -0.1) is 0 Å². The highest BCUT2D eigenvalue weighted by Gasteiger charge is 2.25. The quantitative estimate of drug-likeness (QED) is 0.175. The average molecular weight is 677 g/mol. The van der Waals surface area contributed by atoms with Gasteiger partial charge in [-0.2, -0.15) is 0 Å². The van der Waals surface area contributed by atoms with E-state index in [9.17, 15) is 0 Å². The fraction of sp³-hybridized carbons (Fsp3) is 0. The van der Waals surface area contributed by atoms with Crippen LogP contribution in [-0.4, -0.2) is 0 Å². The van der Waals surface area contributed by atoms with E-state index in [0.29, 0.717) is 0 Å². The molecule has 0 aliphatic heterocycles. The number of para-hydroxylation sites is 2. The van der Waals surface area contributed by atoms with Crippen LogP contribution in [-0.2, 0) is 0 Å². The molecule has 0 atom stereocenters. The molecule has 0 fully saturated rings. The molecule has 0 saturated carbocycles. The molecule has 0 saturated heterocycles. The Labute approximate surface area is 302 Å². The van der Waals surface area contributed by atoms with Crippen molar-refractivity contribution in [3.8, 4) is 33.6 Å². The van der Waals surface area contributed by atoms with Gasteiger partial charge in [0.15, 0.2) is 11.2 Å². The zero-order valence-electron chi connectivity index (χ0n) is 28.4. The molecule has 0 N–H and O–H groups in total. The van der Waals surface area contributed by atoms with Crippen molar-refractivity contribution in [3.63, 3.8) is 0 Å². The van der Waals surface area contributed by atoms with E-state index in [1.54, 1.807) is 0 Å². The zero-order chi connectivity index (χ0) is 34.6. The molecule has 0 amide bonds. The van der Waals surface area contributed by atoms with E-state index in [1.165, 1.54) is 16.3 Å². The molecule has 246 valence electrons. The zero-order valence-corrected chi connectivity index (χ0v) is 28.4. The van der Waals surface area contributed by atoms with Crippen molar-refractivity contribution in [2.75, 3.05) is 0 Å². The van der Waals surface area contributed by atoms with Crippen molar-refractivity contribution in [3.05, 3.63) is 170 Å². The van der Waals surface area contributed by atoms with Gasteiger partial charge in [0.2, 0.25) is 0 Å². The molecular formula is C50H28O3. The topological polar surface area (TPSA) is 39.4 Å². The lowest BCUT2D eigenvalue weighted by Crippen LogP contribution is -1.91. The van der Waals surface area contributed by atoms with Gasteiger partial charge in [0.25, 0.3) is 0 Å². The van der Waals surface area contributed by atoms with Crippen molar-refractivity contribution in [2.45, 2.75) is 0 Å². The first-order valence-corrected chi connectivity index (χ1v) is 18.0. The van der Waals surface area contributed by atoms with Crippen LogP contribution in [0.2, 0.25) is 0 Å². The average Bonchev–Trinajstić information content (AvgIpc) is 3.94. The fourth-order valence-corrected chi connectivity index (χ4v) is 8.81. The van der Waals surface area contributed by atoms with Crippen LogP contribution in [0, 0.1) is 0 Å². The summed E-state index contributed by atoms with van der Waals surface area (Å²) in [4.78, 5) is 0. The smallest absolute Gasteiger partial charge is 0.179 e. The van der Waals surface area contributed by atoms with Crippen LogP contribution < -0.4 is 0 Å². The van der Waals surface area contributed by atoms with Gasteiger partial charge in [-0.1, -0.05) is 146 Å². The van der Waals surface area contributed by atoms with Crippen LogP contribution in [0.1, 0.15) is 0 Å². The van der Waals surface area contributed by atoms with Crippen molar-refractivity contribution in [1.82, 2.24) is 0 Å². The molecule has 3 heterocycles. The lowest BCUT2D eigenvalue weighted by atomic mass is 9.84. The highest BCUT2D eigenvalue weighted by molar-refractivity contribution is 6.30. The van der Waals surface area contributed by atoms with Gasteiger partial charge in [-0.3, -0.25) is 0 Å². The summed E-state index contributed by atoms with van der Waals surface area (Å²) in [5.74, 6) is 0.816. The number of benzene rings is 9. The van der Waals surface area contributed by atoms with E-state index in [4.69, 9.17) is 13.3 Å². The van der Waals surface area contributed by atoms with Gasteiger partial charge in [-0.05, 0) is 67.7 Å². The monoisotopic (exact) mass is 676 g/mol. The summed E-state index contributed by atoms with van der Waals surface area (Å²) < 4.78 is 20.1. The third kappa shape index (κ3) is 3.99. The fourth-order valence-electron chi connectivity index (χ4n) is 8.81. The number of fused-ring (bicyclic) bond motifs is 12. The Bertz CT molecular complexity index is 3390. The second kappa shape index (κ2) is 10.7. The number of hydrogen-bond acceptors (Lipinski definition) is 3. The standard InChI is InChI=1S/C50H28O3/c1-2-14-30(15-3-1)43-28-31-27-40(47-37-21-10-11-24-41(37)51-50(47)48(31)53-43)45-35-19-8-6-17-33(35)44(34-18-7-9-20-36(34)45)38-22-12-23-39-46-32-16-5-4-13-29(32)25-26-42(46)52-49(38)39/h1-28H. The maximum atomic E-state index is 6.82. The molecule has 12 rings (SSSR count). The number of hydrogen-bond donors (Lipinski definition) is 0. The van der Waals surface area contributed by atoms with Crippen molar-refractivity contribution < 1.29 is 13.3 Å². The van der Waals surface area contributed by atoms with Crippen LogP contribution in [0.15, 0.2) is 183 Å². The highest BCUT2D eigenvalue weighted by atomic mass is 16.4. The third-order valence-corrected chi connectivity index (χ3v) is 11.0. The first-order chi connectivity index (χ1) is 26.3. The molecular weight excluding hydrogens is 649 g/mol. The Morgan fingerprint density at radius 2 is 0.906 bits per heavy atom. The minimum Gasteiger partial charge on any atom is -0.455 e. The first kappa shape index (κ1) is 28.6. The van der Waals surface area contributed by atoms with Crippen LogP contribution in [0.3, 0.4) is 0 Å². The Morgan fingerprint density at radius 3 is 1.66 bits per heavy atom. The van der Waals surface area contributed by atoms with Crippen molar-refractivity contribution in [1.29, 1.82) is 0 Å². The van der Waals surface area contributed by atoms with Gasteiger partial charge in [0, 0.05) is 43.6 Å². The van der Waals surface area contributed by atoms with Gasteiger partial charge >= 0.3 is 0 Å². The number of furan rings is 3. The van der Waals surface area contributed by atoms with E-state index in [0.717, 1.165) is 104 Å². The Kier molecular flexibility index (Phi) is 5.77. The molecule has 9 aromatic carbocycles. The molecule has 0 bridgehead atoms. The van der Waals surface area contributed by atoms with Crippen molar-refractivity contribution >= 4 is 87.2 Å². The van der Waals surface area contributed by atoms with Gasteiger partial charge in [0.05, 0.1) is 0 Å². The summed E-state index contributed by atoms with van der Waals surface area (Å²) in [7, 11) is 0.